The van der Waals surface area contributed by atoms with Crippen molar-refractivity contribution < 1.29 is 9.59 Å². The fourth-order valence-electron chi connectivity index (χ4n) is 2.39. The van der Waals surface area contributed by atoms with Gasteiger partial charge in [0, 0.05) is 10.6 Å². The van der Waals surface area contributed by atoms with Crippen LogP contribution in [0.2, 0.25) is 0 Å². The number of urea groups is 1. The molecule has 0 aliphatic heterocycles. The quantitative estimate of drug-likeness (QED) is 0.754. The average molecular weight is 356 g/mol. The zero-order valence-corrected chi connectivity index (χ0v) is 14.5. The van der Waals surface area contributed by atoms with Crippen molar-refractivity contribution in [3.8, 4) is 0 Å². The van der Waals surface area contributed by atoms with Gasteiger partial charge in [-0.1, -0.05) is 18.2 Å². The molecular weight excluding hydrogens is 340 g/mol. The maximum Gasteiger partial charge on any atom is 0.325 e. The van der Waals surface area contributed by atoms with Gasteiger partial charge < -0.3 is 5.32 Å². The molecule has 1 aromatic carbocycles. The van der Waals surface area contributed by atoms with Gasteiger partial charge in [-0.2, -0.15) is 0 Å². The number of hydrogen-bond donors (Lipinski definition) is 2. The molecule has 8 heteroatoms. The highest BCUT2D eigenvalue weighted by molar-refractivity contribution is 7.18. The second kappa shape index (κ2) is 6.86. The van der Waals surface area contributed by atoms with E-state index >= 15 is 0 Å². The number of para-hydroxylation sites is 1. The summed E-state index contributed by atoms with van der Waals surface area (Å²) in [7, 11) is 0. The molecule has 0 saturated carbocycles. The molecule has 25 heavy (non-hydrogen) atoms. The number of aryl methyl sites for hydroxylation is 2. The van der Waals surface area contributed by atoms with Crippen LogP contribution in [0.4, 0.5) is 10.5 Å². The molecule has 0 fully saturated rings. The van der Waals surface area contributed by atoms with Crippen molar-refractivity contribution in [3.63, 3.8) is 0 Å². The first kappa shape index (κ1) is 16.8. The third kappa shape index (κ3) is 3.58. The van der Waals surface area contributed by atoms with E-state index in [9.17, 15) is 14.4 Å². The smallest absolute Gasteiger partial charge is 0.308 e. The van der Waals surface area contributed by atoms with E-state index in [0.29, 0.717) is 15.9 Å². The van der Waals surface area contributed by atoms with Crippen LogP contribution < -0.4 is 16.2 Å². The van der Waals surface area contributed by atoms with Crippen molar-refractivity contribution >= 4 is 39.2 Å². The van der Waals surface area contributed by atoms with Crippen LogP contribution in [0, 0.1) is 13.8 Å². The van der Waals surface area contributed by atoms with Gasteiger partial charge in [-0.3, -0.25) is 19.5 Å². The molecular formula is C17H16N4O3S. The average Bonchev–Trinajstić information content (AvgIpc) is 2.86. The molecule has 2 aromatic heterocycles. The molecule has 2 heterocycles. The van der Waals surface area contributed by atoms with Crippen LogP contribution in [0.5, 0.6) is 0 Å². The van der Waals surface area contributed by atoms with E-state index in [4.69, 9.17) is 0 Å². The lowest BCUT2D eigenvalue weighted by molar-refractivity contribution is -0.120. The Morgan fingerprint density at radius 1 is 1.20 bits per heavy atom. The minimum absolute atomic E-state index is 0.279. The van der Waals surface area contributed by atoms with Crippen LogP contribution in [-0.2, 0) is 11.3 Å². The second-order valence-corrected chi connectivity index (χ2v) is 6.71. The molecule has 3 aromatic rings. The normalized spacial score (nSPS) is 10.6. The van der Waals surface area contributed by atoms with E-state index in [2.05, 4.69) is 15.6 Å². The number of nitrogens with zero attached hydrogens (tertiary/aromatic N) is 2. The van der Waals surface area contributed by atoms with Crippen LogP contribution in [0.1, 0.15) is 10.4 Å². The van der Waals surface area contributed by atoms with Gasteiger partial charge in [0.1, 0.15) is 11.4 Å². The third-order valence-electron chi connectivity index (χ3n) is 3.75. The van der Waals surface area contributed by atoms with Crippen molar-refractivity contribution in [1.29, 1.82) is 0 Å². The molecule has 128 valence electrons. The molecule has 0 bridgehead atoms. The molecule has 7 nitrogen and oxygen atoms in total. The minimum atomic E-state index is -0.652. The molecule has 0 unspecified atom stereocenters. The number of rotatable bonds is 3. The summed E-state index contributed by atoms with van der Waals surface area (Å²) in [6, 6.07) is 8.10. The fraction of sp³-hybridized carbons (Fsp3) is 0.176. The minimum Gasteiger partial charge on any atom is -0.308 e. The highest BCUT2D eigenvalue weighted by Crippen LogP contribution is 2.25. The van der Waals surface area contributed by atoms with Crippen LogP contribution in [0.15, 0.2) is 41.5 Å². The first-order chi connectivity index (χ1) is 12.0. The SMILES string of the molecule is Cc1sc2ncn(CC(=O)NC(=O)Nc3ccccc3)c(=O)c2c1C. The predicted molar refractivity (Wildman–Crippen MR) is 97.0 cm³/mol. The molecule has 0 spiro atoms. The Morgan fingerprint density at radius 2 is 1.92 bits per heavy atom. The van der Waals surface area contributed by atoms with Gasteiger partial charge in [0.2, 0.25) is 5.91 Å². The monoisotopic (exact) mass is 356 g/mol. The molecule has 0 aliphatic rings. The summed E-state index contributed by atoms with van der Waals surface area (Å²) in [6.45, 7) is 3.50. The summed E-state index contributed by atoms with van der Waals surface area (Å²) in [5.74, 6) is -0.596. The number of anilines is 1. The summed E-state index contributed by atoms with van der Waals surface area (Å²) in [5.41, 5.74) is 1.15. The van der Waals surface area contributed by atoms with Gasteiger partial charge in [-0.15, -0.1) is 11.3 Å². The van der Waals surface area contributed by atoms with Gasteiger partial charge in [-0.25, -0.2) is 9.78 Å². The molecule has 3 amide bonds. The number of nitrogens with one attached hydrogen (secondary N) is 2. The lowest BCUT2D eigenvalue weighted by Crippen LogP contribution is -2.38. The Morgan fingerprint density at radius 3 is 2.64 bits per heavy atom. The highest BCUT2D eigenvalue weighted by Gasteiger charge is 2.14. The lowest BCUT2D eigenvalue weighted by Gasteiger charge is -2.08. The Bertz CT molecular complexity index is 1010. The van der Waals surface area contributed by atoms with E-state index in [1.54, 1.807) is 24.3 Å². The lowest BCUT2D eigenvalue weighted by atomic mass is 10.2. The Hall–Kier alpha value is -3.00. The summed E-state index contributed by atoms with van der Waals surface area (Å²) in [5, 5.41) is 5.26. The number of amides is 3. The number of imide groups is 1. The number of benzene rings is 1. The van der Waals surface area contributed by atoms with Crippen LogP contribution >= 0.6 is 11.3 Å². The predicted octanol–water partition coefficient (Wildman–Crippen LogP) is 2.42. The maximum absolute atomic E-state index is 12.5. The molecule has 0 radical (unpaired) electrons. The molecule has 2 N–H and O–H groups in total. The molecule has 3 rings (SSSR count). The van der Waals surface area contributed by atoms with Crippen LogP contribution in [0.25, 0.3) is 10.2 Å². The number of aromatic nitrogens is 2. The molecule has 0 atom stereocenters. The largest absolute Gasteiger partial charge is 0.325 e. The second-order valence-electron chi connectivity index (χ2n) is 5.51. The van der Waals surface area contributed by atoms with Crippen molar-refractivity contribution in [2.24, 2.45) is 0 Å². The van der Waals surface area contributed by atoms with Crippen molar-refractivity contribution in [2.75, 3.05) is 5.32 Å². The van der Waals surface area contributed by atoms with E-state index in [1.807, 2.05) is 19.9 Å². The summed E-state index contributed by atoms with van der Waals surface area (Å²) < 4.78 is 1.20. The summed E-state index contributed by atoms with van der Waals surface area (Å²) >= 11 is 1.44. The van der Waals surface area contributed by atoms with Gasteiger partial charge in [0.15, 0.2) is 0 Å². The Kier molecular flexibility index (Phi) is 4.62. The van der Waals surface area contributed by atoms with E-state index in [0.717, 1.165) is 10.4 Å². The Balaban J connectivity index is 1.72. The summed E-state index contributed by atoms with van der Waals surface area (Å²) in [6.07, 6.45) is 1.33. The number of carbonyl (C=O) groups is 2. The van der Waals surface area contributed by atoms with Crippen molar-refractivity contribution in [1.82, 2.24) is 14.9 Å². The highest BCUT2D eigenvalue weighted by atomic mass is 32.1. The third-order valence-corrected chi connectivity index (χ3v) is 4.87. The number of fused-ring (bicyclic) bond motifs is 1. The van der Waals surface area contributed by atoms with Crippen LogP contribution in [0.3, 0.4) is 0 Å². The zero-order chi connectivity index (χ0) is 18.0. The maximum atomic E-state index is 12.5. The van der Waals surface area contributed by atoms with E-state index < -0.39 is 11.9 Å². The van der Waals surface area contributed by atoms with Crippen molar-refractivity contribution in [3.05, 3.63) is 57.5 Å². The first-order valence-corrected chi connectivity index (χ1v) is 8.38. The zero-order valence-electron chi connectivity index (χ0n) is 13.7. The first-order valence-electron chi connectivity index (χ1n) is 7.56. The standard InChI is InChI=1S/C17H16N4O3S/c1-10-11(2)25-15-14(10)16(23)21(9-18-15)8-13(22)20-17(24)19-12-6-4-3-5-7-12/h3-7,9H,8H2,1-2H3,(H2,19,20,22,24). The fourth-order valence-corrected chi connectivity index (χ4v) is 3.37. The van der Waals surface area contributed by atoms with Crippen LogP contribution in [-0.4, -0.2) is 21.5 Å². The molecule has 0 saturated heterocycles. The molecule has 0 aliphatic carbocycles. The number of hydrogen-bond acceptors (Lipinski definition) is 5. The van der Waals surface area contributed by atoms with E-state index in [-0.39, 0.29) is 12.1 Å². The summed E-state index contributed by atoms with van der Waals surface area (Å²) in [4.78, 5) is 42.3. The van der Waals surface area contributed by atoms with Crippen molar-refractivity contribution in [2.45, 2.75) is 20.4 Å². The van der Waals surface area contributed by atoms with Gasteiger partial charge in [0.05, 0.1) is 11.7 Å². The van der Waals surface area contributed by atoms with Gasteiger partial charge in [0.25, 0.3) is 5.56 Å². The van der Waals surface area contributed by atoms with Gasteiger partial charge >= 0.3 is 6.03 Å². The van der Waals surface area contributed by atoms with Gasteiger partial charge in [-0.05, 0) is 31.5 Å². The topological polar surface area (TPSA) is 93.1 Å². The van der Waals surface area contributed by atoms with E-state index in [1.165, 1.54) is 22.2 Å². The number of thiophene rings is 1. The number of carbonyl (C=O) groups excluding carboxylic acids is 2. The Labute approximate surface area is 147 Å².